The zero-order valence-corrected chi connectivity index (χ0v) is 15.0. The molecule has 0 atom stereocenters. The van der Waals surface area contributed by atoms with Gasteiger partial charge in [0.2, 0.25) is 0 Å². The van der Waals surface area contributed by atoms with Gasteiger partial charge in [-0.05, 0) is 42.9 Å². The predicted octanol–water partition coefficient (Wildman–Crippen LogP) is 2.66. The molecular formula is C18H14F2N4O2S. The molecule has 6 nitrogen and oxygen atoms in total. The van der Waals surface area contributed by atoms with Crippen molar-refractivity contribution in [3.63, 3.8) is 0 Å². The minimum absolute atomic E-state index is 0.0302. The van der Waals surface area contributed by atoms with E-state index in [0.717, 1.165) is 16.1 Å². The number of hydrogen-bond acceptors (Lipinski definition) is 5. The Labute approximate surface area is 154 Å². The standard InChI is InChI=1S/C18H14F2N4O2S/c1-22-10-12-7-17(14-3-2-6-23-16(14)9-21)24(11-12)27(25,26)18-5-4-13(19)8-15(18)20/h2-8,11,22H,10H2,1H3. The number of rotatable bonds is 5. The van der Waals surface area contributed by atoms with E-state index in [0.29, 0.717) is 18.2 Å². The van der Waals surface area contributed by atoms with Crippen LogP contribution in [0.4, 0.5) is 8.78 Å². The lowest BCUT2D eigenvalue weighted by molar-refractivity contribution is 0.546. The van der Waals surface area contributed by atoms with Crippen molar-refractivity contribution in [2.45, 2.75) is 11.4 Å². The summed E-state index contributed by atoms with van der Waals surface area (Å²) in [5, 5.41) is 12.2. The topological polar surface area (TPSA) is 87.8 Å². The molecule has 2 aromatic heterocycles. The molecule has 0 unspecified atom stereocenters. The lowest BCUT2D eigenvalue weighted by atomic mass is 10.1. The number of pyridine rings is 1. The number of nitrogens with zero attached hydrogens (tertiary/aromatic N) is 3. The summed E-state index contributed by atoms with van der Waals surface area (Å²) in [5.41, 5.74) is 1.08. The fourth-order valence-electron chi connectivity index (χ4n) is 2.68. The molecule has 0 aliphatic rings. The van der Waals surface area contributed by atoms with Crippen LogP contribution in [0.1, 0.15) is 11.3 Å². The summed E-state index contributed by atoms with van der Waals surface area (Å²) in [6.45, 7) is 0.351. The third-order valence-corrected chi connectivity index (χ3v) is 5.55. The number of aromatic nitrogens is 2. The number of nitrogens with one attached hydrogen (secondary N) is 1. The minimum atomic E-state index is -4.38. The molecule has 3 aromatic rings. The maximum atomic E-state index is 14.2. The molecule has 1 N–H and O–H groups in total. The van der Waals surface area contributed by atoms with E-state index >= 15 is 0 Å². The van der Waals surface area contributed by atoms with E-state index in [-0.39, 0.29) is 17.0 Å². The molecule has 2 heterocycles. The van der Waals surface area contributed by atoms with Crippen molar-refractivity contribution in [3.8, 4) is 17.3 Å². The van der Waals surface area contributed by atoms with Crippen LogP contribution < -0.4 is 5.32 Å². The van der Waals surface area contributed by atoms with Gasteiger partial charge in [-0.3, -0.25) is 0 Å². The SMILES string of the molecule is CNCc1cc(-c2cccnc2C#N)n(S(=O)(=O)c2ccc(F)cc2F)c1. The van der Waals surface area contributed by atoms with Gasteiger partial charge in [0.1, 0.15) is 28.3 Å². The minimum Gasteiger partial charge on any atom is -0.316 e. The summed E-state index contributed by atoms with van der Waals surface area (Å²) in [6, 6.07) is 8.86. The van der Waals surface area contributed by atoms with Crippen molar-refractivity contribution in [2.24, 2.45) is 0 Å². The monoisotopic (exact) mass is 388 g/mol. The highest BCUT2D eigenvalue weighted by atomic mass is 32.2. The largest absolute Gasteiger partial charge is 0.316 e. The maximum Gasteiger partial charge on any atom is 0.271 e. The van der Waals surface area contributed by atoms with Crippen molar-refractivity contribution < 1.29 is 17.2 Å². The Kier molecular flexibility index (Phi) is 5.03. The third kappa shape index (κ3) is 3.45. The molecule has 0 saturated heterocycles. The molecule has 0 radical (unpaired) electrons. The third-order valence-electron chi connectivity index (χ3n) is 3.84. The Morgan fingerprint density at radius 3 is 2.70 bits per heavy atom. The van der Waals surface area contributed by atoms with Crippen LogP contribution in [0.2, 0.25) is 0 Å². The quantitative estimate of drug-likeness (QED) is 0.726. The molecule has 0 bridgehead atoms. The summed E-state index contributed by atoms with van der Waals surface area (Å²) >= 11 is 0. The number of hydrogen-bond donors (Lipinski definition) is 1. The van der Waals surface area contributed by atoms with Gasteiger partial charge in [-0.2, -0.15) is 5.26 Å². The number of halogens is 2. The first kappa shape index (κ1) is 18.7. The average Bonchev–Trinajstić information content (AvgIpc) is 3.06. The highest BCUT2D eigenvalue weighted by Crippen LogP contribution is 2.29. The summed E-state index contributed by atoms with van der Waals surface area (Å²) in [6.07, 6.45) is 2.75. The van der Waals surface area contributed by atoms with Gasteiger partial charge in [0.15, 0.2) is 0 Å². The molecule has 138 valence electrons. The fraction of sp³-hybridized carbons (Fsp3) is 0.111. The van der Waals surface area contributed by atoms with Crippen LogP contribution >= 0.6 is 0 Å². The summed E-state index contributed by atoms with van der Waals surface area (Å²) in [5.74, 6) is -2.08. The van der Waals surface area contributed by atoms with E-state index in [9.17, 15) is 22.5 Å². The fourth-order valence-corrected chi connectivity index (χ4v) is 4.13. The van der Waals surface area contributed by atoms with Crippen LogP contribution in [0, 0.1) is 23.0 Å². The molecule has 0 fully saturated rings. The van der Waals surface area contributed by atoms with Gasteiger partial charge in [0.25, 0.3) is 10.0 Å². The van der Waals surface area contributed by atoms with E-state index in [1.54, 1.807) is 25.2 Å². The van der Waals surface area contributed by atoms with E-state index < -0.39 is 26.6 Å². The van der Waals surface area contributed by atoms with Gasteiger partial charge >= 0.3 is 0 Å². The van der Waals surface area contributed by atoms with Crippen LogP contribution in [0.5, 0.6) is 0 Å². The predicted molar refractivity (Wildman–Crippen MR) is 94.1 cm³/mol. The lowest BCUT2D eigenvalue weighted by Crippen LogP contribution is -2.15. The first-order valence-electron chi connectivity index (χ1n) is 7.80. The Morgan fingerprint density at radius 1 is 1.26 bits per heavy atom. The van der Waals surface area contributed by atoms with Gasteiger partial charge in [0.05, 0.1) is 5.69 Å². The molecule has 9 heteroatoms. The molecule has 3 rings (SSSR count). The van der Waals surface area contributed by atoms with Crippen LogP contribution in [-0.4, -0.2) is 24.4 Å². The molecule has 27 heavy (non-hydrogen) atoms. The van der Waals surface area contributed by atoms with Crippen molar-refractivity contribution >= 4 is 10.0 Å². The Balaban J connectivity index is 2.27. The maximum absolute atomic E-state index is 14.2. The van der Waals surface area contributed by atoms with Gasteiger partial charge < -0.3 is 5.32 Å². The average molecular weight is 388 g/mol. The second-order valence-electron chi connectivity index (χ2n) is 5.65. The second-order valence-corrected chi connectivity index (χ2v) is 7.43. The first-order chi connectivity index (χ1) is 12.9. The summed E-state index contributed by atoms with van der Waals surface area (Å²) in [4.78, 5) is 3.28. The molecular weight excluding hydrogens is 374 g/mol. The lowest BCUT2D eigenvalue weighted by Gasteiger charge is -2.12. The zero-order valence-electron chi connectivity index (χ0n) is 14.1. The van der Waals surface area contributed by atoms with E-state index in [1.807, 2.05) is 6.07 Å². The Hall–Kier alpha value is -3.09. The molecule has 0 saturated carbocycles. The van der Waals surface area contributed by atoms with E-state index in [2.05, 4.69) is 10.3 Å². The van der Waals surface area contributed by atoms with Gasteiger partial charge in [0, 0.05) is 30.6 Å². The highest BCUT2D eigenvalue weighted by Gasteiger charge is 2.26. The summed E-state index contributed by atoms with van der Waals surface area (Å²) < 4.78 is 54.3. The van der Waals surface area contributed by atoms with Crippen molar-refractivity contribution in [2.75, 3.05) is 7.05 Å². The smallest absolute Gasteiger partial charge is 0.271 e. The molecule has 0 spiro atoms. The van der Waals surface area contributed by atoms with Crippen LogP contribution in [0.3, 0.4) is 0 Å². The van der Waals surface area contributed by atoms with Gasteiger partial charge in [-0.25, -0.2) is 26.2 Å². The summed E-state index contributed by atoms with van der Waals surface area (Å²) in [7, 11) is -2.69. The normalized spacial score (nSPS) is 11.3. The number of nitriles is 1. The van der Waals surface area contributed by atoms with Crippen molar-refractivity contribution in [1.29, 1.82) is 5.26 Å². The van der Waals surface area contributed by atoms with E-state index in [4.69, 9.17) is 0 Å². The van der Waals surface area contributed by atoms with Gasteiger partial charge in [-0.1, -0.05) is 0 Å². The Morgan fingerprint density at radius 2 is 2.04 bits per heavy atom. The van der Waals surface area contributed by atoms with Crippen molar-refractivity contribution in [1.82, 2.24) is 14.3 Å². The number of benzene rings is 1. The Bertz CT molecular complexity index is 1150. The second kappa shape index (κ2) is 7.26. The molecule has 0 aliphatic carbocycles. The molecule has 0 aliphatic heterocycles. The molecule has 1 aromatic carbocycles. The van der Waals surface area contributed by atoms with Crippen molar-refractivity contribution in [3.05, 3.63) is 71.7 Å². The molecule has 0 amide bonds. The van der Waals surface area contributed by atoms with Crippen LogP contribution in [-0.2, 0) is 16.6 Å². The highest BCUT2D eigenvalue weighted by molar-refractivity contribution is 7.90. The zero-order chi connectivity index (χ0) is 19.6. The van der Waals surface area contributed by atoms with Crippen LogP contribution in [0.15, 0.2) is 53.7 Å². The van der Waals surface area contributed by atoms with E-state index in [1.165, 1.54) is 12.4 Å². The first-order valence-corrected chi connectivity index (χ1v) is 9.24. The van der Waals surface area contributed by atoms with Gasteiger partial charge in [-0.15, -0.1) is 0 Å². The van der Waals surface area contributed by atoms with Crippen LogP contribution in [0.25, 0.3) is 11.3 Å².